The molecule has 312 valence electrons. The van der Waals surface area contributed by atoms with Crippen molar-refractivity contribution in [2.24, 2.45) is 4.99 Å². The summed E-state index contributed by atoms with van der Waals surface area (Å²) in [4.78, 5) is 75.6. The highest BCUT2D eigenvalue weighted by Crippen LogP contribution is 2.40. The van der Waals surface area contributed by atoms with Crippen molar-refractivity contribution >= 4 is 58.1 Å². The number of carbonyl (C=O) groups is 4. The minimum absolute atomic E-state index is 0.128. The number of aromatic amines is 3. The van der Waals surface area contributed by atoms with Gasteiger partial charge in [0.2, 0.25) is 29.3 Å². The number of rotatable bonds is 4. The number of nitrogens with zero attached hydrogens (tertiary/aromatic N) is 1. The van der Waals surface area contributed by atoms with Gasteiger partial charge in [0, 0.05) is 27.6 Å². The topological polar surface area (TPSA) is 206 Å². The van der Waals surface area contributed by atoms with Gasteiger partial charge in [0.05, 0.1) is 28.2 Å². The molecule has 0 radical (unpaired) electrons. The smallest absolute Gasteiger partial charge is 0.328 e. The van der Waals surface area contributed by atoms with Gasteiger partial charge in [-0.3, -0.25) is 39.8 Å². The summed E-state index contributed by atoms with van der Waals surface area (Å²) in [7, 11) is 0. The highest BCUT2D eigenvalue weighted by atomic mass is 19.2. The summed E-state index contributed by atoms with van der Waals surface area (Å²) in [6, 6.07) is 11.3. The molecule has 13 nitrogen and oxygen atoms in total. The summed E-state index contributed by atoms with van der Waals surface area (Å²) in [5.74, 6) is -23.2. The van der Waals surface area contributed by atoms with Crippen molar-refractivity contribution in [2.45, 2.75) is 6.42 Å². The number of carbonyl (C=O) groups excluding carboxylic acids is 4. The number of allylic oxidation sites excluding steroid dienone is 1. The minimum Gasteiger partial charge on any atom is -0.494 e. The zero-order chi connectivity index (χ0) is 44.6. The van der Waals surface area contributed by atoms with Crippen LogP contribution in [0.1, 0.15) is 33.5 Å². The number of para-hydroxylation sites is 2. The van der Waals surface area contributed by atoms with E-state index >= 15 is 0 Å². The average Bonchev–Trinajstić information content (AvgIpc) is 3.77. The molecule has 0 atom stereocenters. The van der Waals surface area contributed by atoms with E-state index in [1.54, 1.807) is 12.1 Å². The Balaban J connectivity index is 0.000000175. The quantitative estimate of drug-likeness (QED) is 0.0396. The SMILES string of the molecule is O=C1CC(=O)NC(=O)N1.O=Cc1c(-c2c(F)c(F)c(F)c(F)c2F)[nH]c2ccccc12.O=c1[nH]c(O)c(C=C2C(c3c(F)c(F)c(F)c(F)c3F)=Nc3ccccc32)c(=O)[nH]1. The Morgan fingerprint density at radius 2 is 1.10 bits per heavy atom. The van der Waals surface area contributed by atoms with Crippen molar-refractivity contribution in [3.05, 3.63) is 150 Å². The number of fused-ring (bicyclic) bond motifs is 2. The number of benzene rings is 4. The Hall–Kier alpha value is -8.11. The monoisotopic (exact) mass is 860 g/mol. The lowest BCUT2D eigenvalue weighted by Gasteiger charge is -2.10. The van der Waals surface area contributed by atoms with E-state index in [-0.39, 0.29) is 28.8 Å². The Morgan fingerprint density at radius 3 is 1.64 bits per heavy atom. The molecule has 2 aliphatic rings. The number of aromatic nitrogens is 3. The fraction of sp³-hybridized carbons (Fsp3) is 0.0263. The van der Waals surface area contributed by atoms with Crippen LogP contribution in [0, 0.1) is 58.2 Å². The highest BCUT2D eigenvalue weighted by molar-refractivity contribution is 6.39. The van der Waals surface area contributed by atoms with Crippen LogP contribution in [0.15, 0.2) is 63.1 Å². The summed E-state index contributed by atoms with van der Waals surface area (Å²) in [6.07, 6.45) is 0.963. The largest absolute Gasteiger partial charge is 0.494 e. The van der Waals surface area contributed by atoms with Crippen molar-refractivity contribution in [1.82, 2.24) is 25.6 Å². The number of nitrogens with one attached hydrogen (secondary N) is 5. The molecular weight excluding hydrogens is 842 g/mol. The van der Waals surface area contributed by atoms with Gasteiger partial charge >= 0.3 is 11.7 Å². The predicted octanol–water partition coefficient (Wildman–Crippen LogP) is 6.22. The van der Waals surface area contributed by atoms with Gasteiger partial charge in [-0.25, -0.2) is 58.5 Å². The molecule has 2 aliphatic heterocycles. The Bertz CT molecular complexity index is 2960. The standard InChI is InChI=1S/C19H8F5N3O3.C15H6F5NO.C4H4N2O3/c20-11-10(12(21)14(23)15(24)13(11)22)16-7(6-3-1-2-4-9(6)25-16)5-8-17(28)26-19(30)27-18(8)29;16-10-9(11(17)13(19)14(20)12(10)18)15-7(5-22)6-3-1-2-4-8(6)21-15;7-2-1-3(8)6-4(9)5-2/h1-5H,(H3,26,27,28,29,30);1-5,21H;1H2,(H2,5,6,7,8,9). The number of aromatic hydroxyl groups is 1. The van der Waals surface area contributed by atoms with Gasteiger partial charge in [0.1, 0.15) is 12.0 Å². The molecule has 1 fully saturated rings. The van der Waals surface area contributed by atoms with E-state index in [9.17, 15) is 77.8 Å². The van der Waals surface area contributed by atoms with Crippen LogP contribution in [0.25, 0.3) is 33.8 Å². The molecule has 0 spiro atoms. The molecule has 8 rings (SSSR count). The second-order valence-electron chi connectivity index (χ2n) is 12.3. The van der Waals surface area contributed by atoms with Gasteiger partial charge in [-0.2, -0.15) is 0 Å². The number of aliphatic imine (C=N–C) groups is 1. The fourth-order valence-corrected chi connectivity index (χ4v) is 5.85. The Morgan fingerprint density at radius 1 is 0.590 bits per heavy atom. The number of hydrogen-bond acceptors (Lipinski definition) is 8. The first-order valence-corrected chi connectivity index (χ1v) is 16.5. The van der Waals surface area contributed by atoms with E-state index in [1.807, 2.05) is 20.6 Å². The number of aldehydes is 1. The molecule has 1 saturated heterocycles. The average molecular weight is 861 g/mol. The lowest BCUT2D eigenvalue weighted by atomic mass is 9.95. The summed E-state index contributed by atoms with van der Waals surface area (Å²) in [6.45, 7) is 0. The first kappa shape index (κ1) is 42.5. The van der Waals surface area contributed by atoms with Crippen LogP contribution in [0.4, 0.5) is 54.4 Å². The van der Waals surface area contributed by atoms with E-state index < -0.39 is 121 Å². The minimum atomic E-state index is -2.33. The summed E-state index contributed by atoms with van der Waals surface area (Å²) in [5.41, 5.74) is -5.86. The van der Waals surface area contributed by atoms with Crippen LogP contribution >= 0.6 is 0 Å². The highest BCUT2D eigenvalue weighted by Gasteiger charge is 2.34. The first-order chi connectivity index (χ1) is 28.9. The second-order valence-corrected chi connectivity index (χ2v) is 12.3. The number of H-pyrrole nitrogens is 3. The molecule has 0 unspecified atom stereocenters. The molecule has 4 aromatic carbocycles. The van der Waals surface area contributed by atoms with Gasteiger partial charge in [-0.05, 0) is 18.2 Å². The lowest BCUT2D eigenvalue weighted by Crippen LogP contribution is -2.49. The number of hydrogen-bond donors (Lipinski definition) is 6. The normalized spacial score (nSPS) is 13.8. The van der Waals surface area contributed by atoms with E-state index in [0.717, 1.165) is 6.08 Å². The van der Waals surface area contributed by atoms with Crippen LogP contribution in [0.3, 0.4) is 0 Å². The van der Waals surface area contributed by atoms with Gasteiger partial charge < -0.3 is 10.1 Å². The molecule has 0 bridgehead atoms. The molecule has 0 aliphatic carbocycles. The third-order valence-corrected chi connectivity index (χ3v) is 8.53. The van der Waals surface area contributed by atoms with Crippen molar-refractivity contribution in [2.75, 3.05) is 0 Å². The zero-order valence-corrected chi connectivity index (χ0v) is 29.6. The van der Waals surface area contributed by atoms with E-state index in [2.05, 4.69) is 9.98 Å². The third kappa shape index (κ3) is 7.90. The van der Waals surface area contributed by atoms with Gasteiger partial charge in [0.15, 0.2) is 52.8 Å². The molecule has 4 heterocycles. The number of urea groups is 1. The summed E-state index contributed by atoms with van der Waals surface area (Å²) >= 11 is 0. The molecular formula is C38H18F10N6O7. The van der Waals surface area contributed by atoms with Crippen LogP contribution in [-0.2, 0) is 9.59 Å². The van der Waals surface area contributed by atoms with Crippen LogP contribution < -0.4 is 21.9 Å². The Labute approximate surface area is 330 Å². The van der Waals surface area contributed by atoms with E-state index in [1.165, 1.54) is 36.4 Å². The summed E-state index contributed by atoms with van der Waals surface area (Å²) in [5, 5.41) is 14.0. The van der Waals surface area contributed by atoms with Gasteiger partial charge in [-0.1, -0.05) is 36.4 Å². The van der Waals surface area contributed by atoms with Crippen molar-refractivity contribution < 1.29 is 68.2 Å². The maximum atomic E-state index is 14.4. The van der Waals surface area contributed by atoms with Crippen molar-refractivity contribution in [3.63, 3.8) is 0 Å². The van der Waals surface area contributed by atoms with Gasteiger partial charge in [-0.15, -0.1) is 0 Å². The van der Waals surface area contributed by atoms with Crippen LogP contribution in [-0.4, -0.2) is 49.9 Å². The van der Waals surface area contributed by atoms with Gasteiger partial charge in [0.25, 0.3) is 5.56 Å². The molecule has 0 saturated carbocycles. The zero-order valence-electron chi connectivity index (χ0n) is 29.6. The molecule has 6 N–H and O–H groups in total. The maximum Gasteiger partial charge on any atom is 0.328 e. The van der Waals surface area contributed by atoms with E-state index in [0.29, 0.717) is 17.2 Å². The lowest BCUT2D eigenvalue weighted by molar-refractivity contribution is -0.129. The Kier molecular flexibility index (Phi) is 11.6. The second kappa shape index (κ2) is 16.6. The number of amides is 4. The van der Waals surface area contributed by atoms with E-state index in [4.69, 9.17) is 0 Å². The molecule has 61 heavy (non-hydrogen) atoms. The number of halogens is 10. The molecule has 2 aromatic heterocycles. The molecule has 23 heteroatoms. The predicted molar refractivity (Wildman–Crippen MR) is 191 cm³/mol. The number of barbiturate groups is 1. The third-order valence-electron chi connectivity index (χ3n) is 8.53. The van der Waals surface area contributed by atoms with Crippen molar-refractivity contribution in [3.8, 4) is 17.1 Å². The maximum absolute atomic E-state index is 14.4. The molecule has 6 aromatic rings. The summed E-state index contributed by atoms with van der Waals surface area (Å²) < 4.78 is 137. The van der Waals surface area contributed by atoms with Crippen molar-refractivity contribution in [1.29, 1.82) is 0 Å². The van der Waals surface area contributed by atoms with Crippen LogP contribution in [0.2, 0.25) is 0 Å². The van der Waals surface area contributed by atoms with Crippen LogP contribution in [0.5, 0.6) is 5.88 Å². The number of imide groups is 2. The fourth-order valence-electron chi connectivity index (χ4n) is 5.85. The molecule has 4 amide bonds. The first-order valence-electron chi connectivity index (χ1n) is 16.5.